The topological polar surface area (TPSA) is 192 Å². The third-order valence-corrected chi connectivity index (χ3v) is 5.11. The van der Waals surface area contributed by atoms with Crippen molar-refractivity contribution in [2.75, 3.05) is 0 Å². The molecule has 198 valence electrons. The second-order valence-corrected chi connectivity index (χ2v) is 7.50. The van der Waals surface area contributed by atoms with Gasteiger partial charge in [-0.1, -0.05) is 73.3 Å². The number of fused-ring (bicyclic) bond motifs is 1. The number of para-hydroxylation sites is 1. The fraction of sp³-hybridized carbons (Fsp3) is 0. The zero-order valence-corrected chi connectivity index (χ0v) is 20.1. The molecule has 0 aromatic heterocycles. The molecule has 0 aliphatic heterocycles. The predicted molar refractivity (Wildman–Crippen MR) is 142 cm³/mol. The predicted octanol–water partition coefficient (Wildman–Crippen LogP) is 4.65. The van der Waals surface area contributed by atoms with Gasteiger partial charge in [0.1, 0.15) is 5.57 Å². The van der Waals surface area contributed by atoms with E-state index in [4.69, 9.17) is 20.4 Å². The van der Waals surface area contributed by atoms with Crippen LogP contribution in [0.15, 0.2) is 103 Å². The number of allylic oxidation sites excluding steroid dienone is 4. The van der Waals surface area contributed by atoms with Crippen LogP contribution in [0.4, 0.5) is 5.69 Å². The first kappa shape index (κ1) is 29.4. The van der Waals surface area contributed by atoms with Gasteiger partial charge in [-0.2, -0.15) is 0 Å². The van der Waals surface area contributed by atoms with Gasteiger partial charge in [-0.25, -0.2) is 19.2 Å². The number of nitrogens with zero attached hydrogens (tertiary/aromatic N) is 1. The van der Waals surface area contributed by atoms with Gasteiger partial charge >= 0.3 is 23.9 Å². The van der Waals surface area contributed by atoms with Crippen molar-refractivity contribution in [2.45, 2.75) is 0 Å². The van der Waals surface area contributed by atoms with Gasteiger partial charge in [0, 0.05) is 11.6 Å². The lowest BCUT2D eigenvalue weighted by atomic mass is 9.94. The minimum Gasteiger partial charge on any atom is -0.477 e. The normalized spacial score (nSPS) is 10.1. The summed E-state index contributed by atoms with van der Waals surface area (Å²) in [5, 5.41) is 47.8. The highest BCUT2D eigenvalue weighted by atomic mass is 16.6. The first-order valence-corrected chi connectivity index (χ1v) is 10.9. The molecular formula is C28H21NO10. The van der Waals surface area contributed by atoms with Crippen molar-refractivity contribution < 1.29 is 44.5 Å². The Hall–Kier alpha value is -5.84. The Kier molecular flexibility index (Phi) is 10.1. The molecule has 11 nitrogen and oxygen atoms in total. The van der Waals surface area contributed by atoms with Crippen LogP contribution in [0.5, 0.6) is 0 Å². The monoisotopic (exact) mass is 531 g/mol. The smallest absolute Gasteiger partial charge is 0.343 e. The number of rotatable bonds is 9. The fourth-order valence-corrected chi connectivity index (χ4v) is 3.41. The van der Waals surface area contributed by atoms with Crippen LogP contribution in [-0.2, 0) is 19.2 Å². The van der Waals surface area contributed by atoms with E-state index in [0.717, 1.165) is 22.9 Å². The molecule has 0 heterocycles. The Labute approximate surface area is 220 Å². The zero-order chi connectivity index (χ0) is 29.1. The van der Waals surface area contributed by atoms with E-state index in [1.807, 2.05) is 30.3 Å². The average Bonchev–Trinajstić information content (AvgIpc) is 2.89. The van der Waals surface area contributed by atoms with Crippen LogP contribution in [-0.4, -0.2) is 49.2 Å². The van der Waals surface area contributed by atoms with Crippen molar-refractivity contribution in [3.05, 3.63) is 124 Å². The maximum Gasteiger partial charge on any atom is 0.343 e. The van der Waals surface area contributed by atoms with Crippen LogP contribution < -0.4 is 0 Å². The summed E-state index contributed by atoms with van der Waals surface area (Å²) in [6.07, 6.45) is 4.53. The largest absolute Gasteiger partial charge is 0.477 e. The molecule has 0 bridgehead atoms. The molecule has 11 heteroatoms. The van der Waals surface area contributed by atoms with Gasteiger partial charge in [0.25, 0.3) is 5.69 Å². The van der Waals surface area contributed by atoms with Crippen LogP contribution in [0.2, 0.25) is 0 Å². The first-order chi connectivity index (χ1) is 18.5. The van der Waals surface area contributed by atoms with E-state index in [9.17, 15) is 29.3 Å². The van der Waals surface area contributed by atoms with E-state index >= 15 is 0 Å². The Balaban J connectivity index is 0.000000274. The molecule has 4 N–H and O–H groups in total. The minimum atomic E-state index is -1.58. The molecule has 0 amide bonds. The SMILES string of the molecule is C=CC(=C(C(=O)O)C(=O)O)c1cccc2ccccc12.O=C(O)C(=CC=Cc1ccccc1[N+](=O)[O-])C(=O)O. The van der Waals surface area contributed by atoms with Crippen LogP contribution in [0.1, 0.15) is 11.1 Å². The third-order valence-electron chi connectivity index (χ3n) is 5.11. The van der Waals surface area contributed by atoms with E-state index in [1.165, 1.54) is 30.4 Å². The number of carboxylic acids is 4. The van der Waals surface area contributed by atoms with Gasteiger partial charge in [-0.3, -0.25) is 10.1 Å². The van der Waals surface area contributed by atoms with Gasteiger partial charge in [-0.15, -0.1) is 0 Å². The van der Waals surface area contributed by atoms with Crippen molar-refractivity contribution in [1.29, 1.82) is 0 Å². The van der Waals surface area contributed by atoms with Gasteiger partial charge in [0.2, 0.25) is 0 Å². The molecule has 0 saturated heterocycles. The van der Waals surface area contributed by atoms with E-state index in [1.54, 1.807) is 18.2 Å². The molecule has 0 saturated carbocycles. The number of hydrogen-bond acceptors (Lipinski definition) is 6. The highest BCUT2D eigenvalue weighted by molar-refractivity contribution is 6.21. The lowest BCUT2D eigenvalue weighted by Crippen LogP contribution is -2.13. The minimum absolute atomic E-state index is 0.0989. The Morgan fingerprint density at radius 3 is 1.90 bits per heavy atom. The number of benzene rings is 3. The van der Waals surface area contributed by atoms with Crippen molar-refractivity contribution >= 4 is 52.0 Å². The summed E-state index contributed by atoms with van der Waals surface area (Å²) in [5.41, 5.74) is -0.774. The van der Waals surface area contributed by atoms with Gasteiger partial charge in [0.05, 0.1) is 10.5 Å². The zero-order valence-electron chi connectivity index (χ0n) is 20.1. The van der Waals surface area contributed by atoms with Crippen molar-refractivity contribution in [3.63, 3.8) is 0 Å². The molecule has 0 aliphatic rings. The molecule has 0 unspecified atom stereocenters. The standard InChI is InChI=1S/C16H12O4.C12H9NO6/c1-2-11(14(15(17)18)16(19)20)13-9-5-7-10-6-3-4-8-12(10)13;14-11(15)9(12(16)17)6-3-5-8-4-1-2-7-10(8)13(18)19/h2-9H,1H2,(H,17,18)(H,19,20);1-7H,(H,14,15)(H,16,17). The Bertz CT molecular complexity index is 1530. The van der Waals surface area contributed by atoms with E-state index in [2.05, 4.69) is 6.58 Å². The summed E-state index contributed by atoms with van der Waals surface area (Å²) in [6.45, 7) is 3.55. The molecular weight excluding hydrogens is 510 g/mol. The number of aliphatic carboxylic acids is 4. The summed E-state index contributed by atoms with van der Waals surface area (Å²) >= 11 is 0. The highest BCUT2D eigenvalue weighted by Gasteiger charge is 2.22. The Morgan fingerprint density at radius 2 is 1.33 bits per heavy atom. The van der Waals surface area contributed by atoms with Crippen LogP contribution >= 0.6 is 0 Å². The molecule has 3 aromatic rings. The lowest BCUT2D eigenvalue weighted by Gasteiger charge is -2.09. The van der Waals surface area contributed by atoms with Crippen LogP contribution in [0.3, 0.4) is 0 Å². The number of nitro benzene ring substituents is 1. The summed E-state index contributed by atoms with van der Waals surface area (Å²) in [5.74, 6) is -6.14. The second-order valence-electron chi connectivity index (χ2n) is 7.50. The van der Waals surface area contributed by atoms with Crippen molar-refractivity contribution in [1.82, 2.24) is 0 Å². The van der Waals surface area contributed by atoms with Crippen LogP contribution in [0, 0.1) is 10.1 Å². The Morgan fingerprint density at radius 1 is 0.769 bits per heavy atom. The van der Waals surface area contributed by atoms with Crippen LogP contribution in [0.25, 0.3) is 22.4 Å². The average molecular weight is 531 g/mol. The van der Waals surface area contributed by atoms with Crippen molar-refractivity contribution in [2.24, 2.45) is 0 Å². The van der Waals surface area contributed by atoms with Gasteiger partial charge < -0.3 is 20.4 Å². The molecule has 0 radical (unpaired) electrons. The summed E-state index contributed by atoms with van der Waals surface area (Å²) in [4.78, 5) is 53.6. The molecule has 0 atom stereocenters. The molecule has 0 aliphatic carbocycles. The molecule has 3 aromatic carbocycles. The third kappa shape index (κ3) is 7.57. The van der Waals surface area contributed by atoms with Gasteiger partial charge in [-0.05, 0) is 34.6 Å². The summed E-state index contributed by atoms with van der Waals surface area (Å²) < 4.78 is 0. The molecule has 0 fully saturated rings. The maximum atomic E-state index is 11.2. The van der Waals surface area contributed by atoms with E-state index < -0.39 is 39.9 Å². The molecule has 3 rings (SSSR count). The number of carboxylic acid groups (broad SMARTS) is 4. The molecule has 0 spiro atoms. The van der Waals surface area contributed by atoms with E-state index in [0.29, 0.717) is 5.56 Å². The number of carbonyl (C=O) groups is 4. The summed E-state index contributed by atoms with van der Waals surface area (Å²) in [6, 6.07) is 18.5. The van der Waals surface area contributed by atoms with E-state index in [-0.39, 0.29) is 16.8 Å². The fourth-order valence-electron chi connectivity index (χ4n) is 3.41. The first-order valence-electron chi connectivity index (χ1n) is 10.9. The number of nitro groups is 1. The highest BCUT2D eigenvalue weighted by Crippen LogP contribution is 2.28. The second kappa shape index (κ2) is 13.5. The number of hydrogen-bond donors (Lipinski definition) is 4. The quantitative estimate of drug-likeness (QED) is 0.0754. The molecule has 39 heavy (non-hydrogen) atoms. The maximum absolute atomic E-state index is 11.2. The summed E-state index contributed by atoms with van der Waals surface area (Å²) in [7, 11) is 0. The van der Waals surface area contributed by atoms with Gasteiger partial charge in [0.15, 0.2) is 5.57 Å². The van der Waals surface area contributed by atoms with Crippen molar-refractivity contribution in [3.8, 4) is 0 Å². The lowest BCUT2D eigenvalue weighted by molar-refractivity contribution is -0.385.